The van der Waals surface area contributed by atoms with Crippen molar-refractivity contribution in [3.63, 3.8) is 0 Å². The molecule has 0 bridgehead atoms. The topological polar surface area (TPSA) is 27.7 Å². The molecule has 24 heavy (non-hydrogen) atoms. The zero-order valence-electron chi connectivity index (χ0n) is 15.8. The monoisotopic (exact) mass is 330 g/mol. The van der Waals surface area contributed by atoms with Crippen LogP contribution in [0.4, 0.5) is 0 Å². The highest BCUT2D eigenvalue weighted by atomic mass is 16.7. The Morgan fingerprint density at radius 1 is 0.667 bits per heavy atom. The van der Waals surface area contributed by atoms with Gasteiger partial charge in [-0.15, -0.1) is 0 Å². The van der Waals surface area contributed by atoms with Crippen LogP contribution < -0.4 is 9.47 Å². The molecule has 2 aliphatic heterocycles. The molecule has 0 saturated carbocycles. The number of fused-ring (bicyclic) bond motifs is 2. The molecule has 0 spiro atoms. The Morgan fingerprint density at radius 3 is 2.00 bits per heavy atom. The highest BCUT2D eigenvalue weighted by molar-refractivity contribution is 5.43. The highest BCUT2D eigenvalue weighted by Crippen LogP contribution is 2.31. The zero-order chi connectivity index (χ0) is 17.9. The van der Waals surface area contributed by atoms with E-state index < -0.39 is 0 Å². The first-order valence-corrected chi connectivity index (χ1v) is 8.75. The third kappa shape index (κ3) is 5.57. The van der Waals surface area contributed by atoms with Crippen molar-refractivity contribution in [3.8, 4) is 11.5 Å². The lowest BCUT2D eigenvalue weighted by molar-refractivity contribution is 0.134. The lowest BCUT2D eigenvalue weighted by Crippen LogP contribution is -1.92. The van der Waals surface area contributed by atoms with E-state index in [0.717, 1.165) is 24.7 Å². The first-order chi connectivity index (χ1) is 11.7. The van der Waals surface area contributed by atoms with Gasteiger partial charge in [0.2, 0.25) is 6.79 Å². The van der Waals surface area contributed by atoms with Crippen molar-refractivity contribution < 1.29 is 14.2 Å². The van der Waals surface area contributed by atoms with Crippen molar-refractivity contribution in [2.75, 3.05) is 6.79 Å². The molecule has 0 N–H and O–H groups in total. The molecule has 2 heterocycles. The van der Waals surface area contributed by atoms with Crippen LogP contribution in [0.1, 0.15) is 49.9 Å². The third-order valence-electron chi connectivity index (χ3n) is 3.40. The average molecular weight is 330 g/mol. The molecule has 0 atom stereocenters. The minimum absolute atomic E-state index is 0.360. The molecule has 0 saturated heterocycles. The van der Waals surface area contributed by atoms with Gasteiger partial charge in [-0.25, -0.2) is 0 Å². The Bertz CT molecular complexity index is 565. The summed E-state index contributed by atoms with van der Waals surface area (Å²) in [6.45, 7) is 14.1. The second kappa shape index (κ2) is 10.7. The number of aryl methyl sites for hydroxylation is 2. The fraction of sp³-hybridized carbons (Fsp3) is 0.429. The maximum atomic E-state index is 5.27. The normalized spacial score (nSPS) is 12.6. The molecule has 3 nitrogen and oxygen atoms in total. The van der Waals surface area contributed by atoms with Crippen LogP contribution >= 0.6 is 0 Å². The van der Waals surface area contributed by atoms with Gasteiger partial charge in [-0.1, -0.05) is 57.5 Å². The molecule has 3 heteroatoms. The fourth-order valence-electron chi connectivity index (χ4n) is 2.30. The largest absolute Gasteiger partial charge is 0.454 e. The van der Waals surface area contributed by atoms with Gasteiger partial charge >= 0.3 is 0 Å². The minimum Gasteiger partial charge on any atom is -0.454 e. The first kappa shape index (κ1) is 20.0. The van der Waals surface area contributed by atoms with Crippen molar-refractivity contribution in [1.29, 1.82) is 0 Å². The Balaban J connectivity index is 0.000000199. The van der Waals surface area contributed by atoms with Crippen LogP contribution in [0.5, 0.6) is 11.5 Å². The Morgan fingerprint density at radius 2 is 1.25 bits per heavy atom. The van der Waals surface area contributed by atoms with Gasteiger partial charge < -0.3 is 14.2 Å². The van der Waals surface area contributed by atoms with Gasteiger partial charge in [-0.05, 0) is 42.7 Å². The molecule has 2 aromatic rings. The third-order valence-corrected chi connectivity index (χ3v) is 3.40. The summed E-state index contributed by atoms with van der Waals surface area (Å²) >= 11 is 0. The number of benzene rings is 2. The van der Waals surface area contributed by atoms with Crippen molar-refractivity contribution >= 4 is 0 Å². The molecule has 0 aromatic heterocycles. The van der Waals surface area contributed by atoms with E-state index in [0.29, 0.717) is 6.79 Å². The molecule has 0 amide bonds. The molecular formula is C21H30O3. The standard InChI is InChI=1S/C9H10O.C8H8O2.2C2H6/c1-7-2-3-8-5-10-6-9(8)4-7;1-6-2-3-7-8(4-6)10-5-9-7;2*1-2/h2-4H,5-6H2,1H3;2-4H,5H2,1H3;2*1-2H3. The fourth-order valence-corrected chi connectivity index (χ4v) is 2.30. The SMILES string of the molecule is CC.CC.Cc1ccc2c(c1)COC2.Cc1ccc2c(c1)OCO2. The summed E-state index contributed by atoms with van der Waals surface area (Å²) in [5.41, 5.74) is 5.24. The molecule has 0 fully saturated rings. The van der Waals surface area contributed by atoms with Crippen LogP contribution in [0.2, 0.25) is 0 Å². The summed E-state index contributed by atoms with van der Waals surface area (Å²) in [5, 5.41) is 0. The van der Waals surface area contributed by atoms with Crippen LogP contribution in [0.3, 0.4) is 0 Å². The van der Waals surface area contributed by atoms with E-state index in [4.69, 9.17) is 14.2 Å². The summed E-state index contributed by atoms with van der Waals surface area (Å²) < 4.78 is 15.6. The van der Waals surface area contributed by atoms with E-state index in [1.54, 1.807) is 0 Å². The van der Waals surface area contributed by atoms with Gasteiger partial charge in [0.15, 0.2) is 11.5 Å². The van der Waals surface area contributed by atoms with Crippen LogP contribution in [0.25, 0.3) is 0 Å². The molecule has 2 aliphatic rings. The van der Waals surface area contributed by atoms with Crippen LogP contribution in [0, 0.1) is 13.8 Å². The molecular weight excluding hydrogens is 300 g/mol. The Labute approximate surface area is 146 Å². The van der Waals surface area contributed by atoms with E-state index in [1.807, 2.05) is 52.8 Å². The van der Waals surface area contributed by atoms with E-state index in [-0.39, 0.29) is 0 Å². The maximum absolute atomic E-state index is 5.27. The molecule has 0 radical (unpaired) electrons. The predicted molar refractivity (Wildman–Crippen MR) is 99.7 cm³/mol. The van der Waals surface area contributed by atoms with Gasteiger partial charge in [0.05, 0.1) is 13.2 Å². The highest BCUT2D eigenvalue weighted by Gasteiger charge is 2.11. The maximum Gasteiger partial charge on any atom is 0.231 e. The first-order valence-electron chi connectivity index (χ1n) is 8.75. The molecule has 2 aromatic carbocycles. The Kier molecular flexibility index (Phi) is 8.95. The van der Waals surface area contributed by atoms with E-state index in [9.17, 15) is 0 Å². The van der Waals surface area contributed by atoms with Gasteiger partial charge in [0, 0.05) is 0 Å². The van der Waals surface area contributed by atoms with Crippen molar-refractivity contribution in [2.45, 2.75) is 54.8 Å². The number of ether oxygens (including phenoxy) is 3. The number of hydrogen-bond donors (Lipinski definition) is 0. The Hall–Kier alpha value is -2.00. The molecule has 0 aliphatic carbocycles. The summed E-state index contributed by atoms with van der Waals surface area (Å²) in [6.07, 6.45) is 0. The van der Waals surface area contributed by atoms with Crippen molar-refractivity contribution in [1.82, 2.24) is 0 Å². The lowest BCUT2D eigenvalue weighted by atomic mass is 10.1. The minimum atomic E-state index is 0.360. The van der Waals surface area contributed by atoms with Gasteiger partial charge in [-0.3, -0.25) is 0 Å². The second-order valence-corrected chi connectivity index (χ2v) is 5.12. The lowest BCUT2D eigenvalue weighted by Gasteiger charge is -1.95. The summed E-state index contributed by atoms with van der Waals surface area (Å²) in [7, 11) is 0. The quantitative estimate of drug-likeness (QED) is 0.611. The van der Waals surface area contributed by atoms with Crippen LogP contribution in [0.15, 0.2) is 36.4 Å². The summed E-state index contributed by atoms with van der Waals surface area (Å²) in [5.74, 6) is 1.71. The van der Waals surface area contributed by atoms with Gasteiger partial charge in [0.25, 0.3) is 0 Å². The zero-order valence-corrected chi connectivity index (χ0v) is 15.8. The van der Waals surface area contributed by atoms with Gasteiger partial charge in [-0.2, -0.15) is 0 Å². The van der Waals surface area contributed by atoms with Crippen molar-refractivity contribution in [3.05, 3.63) is 58.7 Å². The predicted octanol–water partition coefficient (Wildman–Crippen LogP) is 5.80. The molecule has 0 unspecified atom stereocenters. The van der Waals surface area contributed by atoms with E-state index >= 15 is 0 Å². The van der Waals surface area contributed by atoms with E-state index in [1.165, 1.54) is 22.3 Å². The molecule has 4 rings (SSSR count). The van der Waals surface area contributed by atoms with E-state index in [2.05, 4.69) is 25.1 Å². The smallest absolute Gasteiger partial charge is 0.231 e. The average Bonchev–Trinajstić information content (AvgIpc) is 3.27. The summed E-state index contributed by atoms with van der Waals surface area (Å²) in [4.78, 5) is 0. The van der Waals surface area contributed by atoms with Crippen LogP contribution in [-0.2, 0) is 18.0 Å². The number of rotatable bonds is 0. The van der Waals surface area contributed by atoms with Gasteiger partial charge in [0.1, 0.15) is 0 Å². The summed E-state index contributed by atoms with van der Waals surface area (Å²) in [6, 6.07) is 12.4. The van der Waals surface area contributed by atoms with Crippen LogP contribution in [-0.4, -0.2) is 6.79 Å². The second-order valence-electron chi connectivity index (χ2n) is 5.12. The number of hydrogen-bond acceptors (Lipinski definition) is 3. The molecule has 132 valence electrons. The van der Waals surface area contributed by atoms with Crippen molar-refractivity contribution in [2.24, 2.45) is 0 Å².